The van der Waals surface area contributed by atoms with Gasteiger partial charge in [-0.2, -0.15) is 0 Å². The highest BCUT2D eigenvalue weighted by molar-refractivity contribution is 7.08. The topological polar surface area (TPSA) is 105 Å². The van der Waals surface area contributed by atoms with Crippen LogP contribution in [0.1, 0.15) is 49.0 Å². The van der Waals surface area contributed by atoms with Crippen LogP contribution in [0.25, 0.3) is 0 Å². The third kappa shape index (κ3) is 3.31. The van der Waals surface area contributed by atoms with Gasteiger partial charge >= 0.3 is 0 Å². The molecule has 0 bridgehead atoms. The van der Waals surface area contributed by atoms with Crippen molar-refractivity contribution in [2.24, 2.45) is 16.8 Å². The number of carbonyl (C=O) groups is 1. The number of likely N-dealkylation sites (tertiary alicyclic amines) is 1. The molecule has 1 aliphatic heterocycles. The fourth-order valence-electron chi connectivity index (χ4n) is 2.45. The molecule has 8 heteroatoms. The first kappa shape index (κ1) is 15.7. The molecule has 0 aromatic carbocycles. The molecule has 1 unspecified atom stereocenters. The molecular formula is C13H21N5O2S. The summed E-state index contributed by atoms with van der Waals surface area (Å²) >= 11 is 1.13. The minimum atomic E-state index is -0.223. The van der Waals surface area contributed by atoms with Crippen LogP contribution < -0.4 is 5.73 Å². The average Bonchev–Trinajstić information content (AvgIpc) is 2.95. The van der Waals surface area contributed by atoms with Crippen molar-refractivity contribution in [3.8, 4) is 0 Å². The summed E-state index contributed by atoms with van der Waals surface area (Å²) in [5.41, 5.74) is 6.17. The van der Waals surface area contributed by atoms with Crippen molar-refractivity contribution in [3.05, 3.63) is 10.6 Å². The Balaban J connectivity index is 2.19. The first-order chi connectivity index (χ1) is 9.84. The lowest BCUT2D eigenvalue weighted by molar-refractivity contribution is 0.0703. The number of hydrogen-bond acceptors (Lipinski definition) is 6. The number of amides is 1. The van der Waals surface area contributed by atoms with E-state index in [0.717, 1.165) is 30.1 Å². The zero-order valence-corrected chi connectivity index (χ0v) is 13.4. The molecule has 1 aromatic rings. The average molecular weight is 311 g/mol. The number of hydrogen-bond donors (Lipinski definition) is 2. The van der Waals surface area contributed by atoms with Gasteiger partial charge in [-0.05, 0) is 24.4 Å². The van der Waals surface area contributed by atoms with E-state index >= 15 is 0 Å². The van der Waals surface area contributed by atoms with E-state index in [2.05, 4.69) is 14.7 Å². The molecule has 0 radical (unpaired) electrons. The first-order valence-corrected chi connectivity index (χ1v) is 7.71. The Bertz CT molecular complexity index is 549. The summed E-state index contributed by atoms with van der Waals surface area (Å²) in [5.74, 6) is 0.0306. The van der Waals surface area contributed by atoms with E-state index in [-0.39, 0.29) is 23.1 Å². The Hall–Kier alpha value is -1.70. The summed E-state index contributed by atoms with van der Waals surface area (Å²) in [4.78, 5) is 15.0. The maximum Gasteiger partial charge on any atom is 0.267 e. The molecule has 0 spiro atoms. The van der Waals surface area contributed by atoms with E-state index in [0.29, 0.717) is 18.0 Å². The lowest BCUT2D eigenvalue weighted by Crippen LogP contribution is -2.44. The normalized spacial score (nSPS) is 20.6. The SMILES string of the molecule is CC(C)(C)c1nnsc1C(=O)N1CCCC(C(N)=NO)C1. The molecule has 116 valence electrons. The number of nitrogens with two attached hydrogens (primary N) is 1. The second-order valence-electron chi connectivity index (χ2n) is 6.32. The molecular weight excluding hydrogens is 290 g/mol. The number of rotatable bonds is 2. The molecule has 1 saturated heterocycles. The fraction of sp³-hybridized carbons (Fsp3) is 0.692. The largest absolute Gasteiger partial charge is 0.409 e. The van der Waals surface area contributed by atoms with Gasteiger partial charge in [0.15, 0.2) is 0 Å². The van der Waals surface area contributed by atoms with Crippen LogP contribution in [0.3, 0.4) is 0 Å². The van der Waals surface area contributed by atoms with Crippen LogP contribution in [0.2, 0.25) is 0 Å². The molecule has 1 aliphatic rings. The van der Waals surface area contributed by atoms with Crippen LogP contribution in [0.15, 0.2) is 5.16 Å². The highest BCUT2D eigenvalue weighted by atomic mass is 32.1. The summed E-state index contributed by atoms with van der Waals surface area (Å²) in [6, 6.07) is 0. The van der Waals surface area contributed by atoms with Gasteiger partial charge in [-0.15, -0.1) is 5.10 Å². The number of aromatic nitrogens is 2. The summed E-state index contributed by atoms with van der Waals surface area (Å²) < 4.78 is 3.93. The first-order valence-electron chi connectivity index (χ1n) is 6.94. The number of oxime groups is 1. The number of nitrogens with zero attached hydrogens (tertiary/aromatic N) is 4. The molecule has 3 N–H and O–H groups in total. The third-order valence-electron chi connectivity index (χ3n) is 3.64. The number of amidine groups is 1. The smallest absolute Gasteiger partial charge is 0.267 e. The molecule has 1 aromatic heterocycles. The molecule has 2 rings (SSSR count). The molecule has 1 amide bonds. The second-order valence-corrected chi connectivity index (χ2v) is 7.07. The molecule has 0 saturated carbocycles. The monoisotopic (exact) mass is 311 g/mol. The van der Waals surface area contributed by atoms with Gasteiger partial charge in [-0.1, -0.05) is 30.4 Å². The van der Waals surface area contributed by atoms with Gasteiger partial charge in [0, 0.05) is 24.4 Å². The van der Waals surface area contributed by atoms with Crippen LogP contribution in [-0.2, 0) is 5.41 Å². The Morgan fingerprint density at radius 1 is 1.52 bits per heavy atom. The molecule has 1 atom stereocenters. The summed E-state index contributed by atoms with van der Waals surface area (Å²) in [6.07, 6.45) is 1.66. The summed E-state index contributed by atoms with van der Waals surface area (Å²) in [5, 5.41) is 16.0. The van der Waals surface area contributed by atoms with Gasteiger partial charge in [0.1, 0.15) is 10.7 Å². The zero-order valence-electron chi connectivity index (χ0n) is 12.5. The zero-order chi connectivity index (χ0) is 15.6. The third-order valence-corrected chi connectivity index (χ3v) is 4.35. The standard InChI is InChI=1S/C13H21N5O2S/c1-13(2,3)10-9(21-17-15-10)12(19)18-6-4-5-8(7-18)11(14)16-20/h8,20H,4-7H2,1-3H3,(H2,14,16). The molecule has 0 aliphatic carbocycles. The molecule has 7 nitrogen and oxygen atoms in total. The van der Waals surface area contributed by atoms with Crippen molar-refractivity contribution < 1.29 is 10.0 Å². The Morgan fingerprint density at radius 3 is 2.86 bits per heavy atom. The fourth-order valence-corrected chi connectivity index (χ4v) is 3.29. The quantitative estimate of drug-likeness (QED) is 0.372. The van der Waals surface area contributed by atoms with Crippen molar-refractivity contribution in [2.75, 3.05) is 13.1 Å². The highest BCUT2D eigenvalue weighted by Gasteiger charge is 2.32. The van der Waals surface area contributed by atoms with Gasteiger partial charge < -0.3 is 15.8 Å². The molecule has 1 fully saturated rings. The van der Waals surface area contributed by atoms with Gasteiger partial charge in [-0.25, -0.2) is 0 Å². The summed E-state index contributed by atoms with van der Waals surface area (Å²) in [6.45, 7) is 7.17. The van der Waals surface area contributed by atoms with E-state index in [1.165, 1.54) is 0 Å². The number of piperidine rings is 1. The van der Waals surface area contributed by atoms with Crippen molar-refractivity contribution in [1.29, 1.82) is 0 Å². The van der Waals surface area contributed by atoms with E-state index in [1.54, 1.807) is 4.90 Å². The van der Waals surface area contributed by atoms with Crippen LogP contribution in [0.4, 0.5) is 0 Å². The van der Waals surface area contributed by atoms with Gasteiger partial charge in [0.25, 0.3) is 5.91 Å². The molecule has 2 heterocycles. The van der Waals surface area contributed by atoms with E-state index in [1.807, 2.05) is 20.8 Å². The minimum Gasteiger partial charge on any atom is -0.409 e. The van der Waals surface area contributed by atoms with E-state index in [9.17, 15) is 4.79 Å². The van der Waals surface area contributed by atoms with E-state index < -0.39 is 0 Å². The van der Waals surface area contributed by atoms with Gasteiger partial charge in [-0.3, -0.25) is 4.79 Å². The van der Waals surface area contributed by atoms with Crippen molar-refractivity contribution in [3.63, 3.8) is 0 Å². The minimum absolute atomic E-state index is 0.0645. The predicted octanol–water partition coefficient (Wildman–Crippen LogP) is 1.43. The van der Waals surface area contributed by atoms with Crippen LogP contribution >= 0.6 is 11.5 Å². The maximum absolute atomic E-state index is 12.7. The predicted molar refractivity (Wildman–Crippen MR) is 80.6 cm³/mol. The van der Waals surface area contributed by atoms with Crippen LogP contribution in [0, 0.1) is 5.92 Å². The van der Waals surface area contributed by atoms with E-state index in [4.69, 9.17) is 10.9 Å². The highest BCUT2D eigenvalue weighted by Crippen LogP contribution is 2.28. The Kier molecular flexibility index (Phi) is 4.46. The van der Waals surface area contributed by atoms with Crippen molar-refractivity contribution in [2.45, 2.75) is 39.0 Å². The van der Waals surface area contributed by atoms with Gasteiger partial charge in [0.05, 0.1) is 5.69 Å². The Labute approximate surface area is 128 Å². The summed E-state index contributed by atoms with van der Waals surface area (Å²) in [7, 11) is 0. The maximum atomic E-state index is 12.7. The lowest BCUT2D eigenvalue weighted by atomic mass is 9.91. The van der Waals surface area contributed by atoms with Crippen LogP contribution in [-0.4, -0.2) is 44.5 Å². The van der Waals surface area contributed by atoms with Gasteiger partial charge in [0.2, 0.25) is 0 Å². The van der Waals surface area contributed by atoms with Crippen LogP contribution in [0.5, 0.6) is 0 Å². The Morgan fingerprint density at radius 2 is 2.24 bits per heavy atom. The van der Waals surface area contributed by atoms with Crippen molar-refractivity contribution >= 4 is 23.3 Å². The number of carbonyl (C=O) groups excluding carboxylic acids is 1. The lowest BCUT2D eigenvalue weighted by Gasteiger charge is -2.32. The van der Waals surface area contributed by atoms with Crippen molar-refractivity contribution in [1.82, 2.24) is 14.5 Å². The molecule has 21 heavy (non-hydrogen) atoms. The second kappa shape index (κ2) is 5.97.